The van der Waals surface area contributed by atoms with Crippen molar-refractivity contribution >= 4 is 11.2 Å². The van der Waals surface area contributed by atoms with Gasteiger partial charge < -0.3 is 19.7 Å². The van der Waals surface area contributed by atoms with Crippen molar-refractivity contribution in [2.45, 2.75) is 33.0 Å². The number of aryl methyl sites for hydroxylation is 2. The molecule has 0 amide bonds. The number of aromatic amines is 1. The Morgan fingerprint density at radius 3 is 2.64 bits per heavy atom. The number of aliphatic hydroxyl groups is 1. The second-order valence-electron chi connectivity index (χ2n) is 10.2. The molecule has 4 aromatic rings. The molecule has 1 unspecified atom stereocenters. The van der Waals surface area contributed by atoms with E-state index in [-0.39, 0.29) is 0 Å². The summed E-state index contributed by atoms with van der Waals surface area (Å²) in [7, 11) is 2.18. The van der Waals surface area contributed by atoms with Crippen LogP contribution < -0.4 is 0 Å². The van der Waals surface area contributed by atoms with Crippen LogP contribution in [0.5, 0.6) is 0 Å². The number of aromatic nitrogens is 3. The molecule has 0 bridgehead atoms. The van der Waals surface area contributed by atoms with Crippen LogP contribution in [-0.2, 0) is 17.7 Å². The third kappa shape index (κ3) is 4.22. The molecule has 2 aliphatic heterocycles. The lowest BCUT2D eigenvalue weighted by atomic mass is 9.92. The molecule has 4 heterocycles. The van der Waals surface area contributed by atoms with E-state index in [1.54, 1.807) is 0 Å². The first kappa shape index (κ1) is 23.3. The highest BCUT2D eigenvalue weighted by Gasteiger charge is 2.22. The molecule has 186 valence electrons. The number of H-pyrrole nitrogens is 1. The second kappa shape index (κ2) is 9.41. The molecule has 0 saturated carbocycles. The summed E-state index contributed by atoms with van der Waals surface area (Å²) in [5, 5.41) is 10.9. The lowest BCUT2D eigenvalue weighted by Crippen LogP contribution is -2.39. The number of rotatable bonds is 4. The minimum Gasteiger partial charge on any atom is -0.379 e. The summed E-state index contributed by atoms with van der Waals surface area (Å²) in [5.41, 5.74) is 11.9. The number of ether oxygens (including phenoxy) is 1. The third-order valence-corrected chi connectivity index (χ3v) is 7.68. The van der Waals surface area contributed by atoms with E-state index in [2.05, 4.69) is 59.9 Å². The summed E-state index contributed by atoms with van der Waals surface area (Å²) in [6.45, 7) is 9.13. The number of hydrogen-bond acceptors (Lipinski definition) is 6. The van der Waals surface area contributed by atoms with E-state index < -0.39 is 6.23 Å². The normalized spacial score (nSPS) is 17.9. The number of benzene rings is 2. The SMILES string of the molecule is Cc1cc(-c2c[nH]c3ncc(-c4cc(C)c5c(c4)CN(C)CC5)nc23)ccc1C(O)N1CCOCC1. The van der Waals surface area contributed by atoms with Crippen molar-refractivity contribution in [2.24, 2.45) is 0 Å². The summed E-state index contributed by atoms with van der Waals surface area (Å²) >= 11 is 0. The van der Waals surface area contributed by atoms with Crippen LogP contribution in [-0.4, -0.2) is 69.8 Å². The number of fused-ring (bicyclic) bond motifs is 2. The van der Waals surface area contributed by atoms with E-state index in [0.717, 1.165) is 77.3 Å². The van der Waals surface area contributed by atoms with Crippen LogP contribution in [0.3, 0.4) is 0 Å². The zero-order chi connectivity index (χ0) is 24.8. The van der Waals surface area contributed by atoms with Crippen molar-refractivity contribution in [3.05, 3.63) is 70.5 Å². The zero-order valence-corrected chi connectivity index (χ0v) is 21.2. The summed E-state index contributed by atoms with van der Waals surface area (Å²) in [5.74, 6) is 0. The average Bonchev–Trinajstić information content (AvgIpc) is 3.32. The van der Waals surface area contributed by atoms with Crippen LogP contribution >= 0.6 is 0 Å². The van der Waals surface area contributed by atoms with Gasteiger partial charge >= 0.3 is 0 Å². The Morgan fingerprint density at radius 1 is 1.03 bits per heavy atom. The van der Waals surface area contributed by atoms with Crippen LogP contribution in [0.2, 0.25) is 0 Å². The van der Waals surface area contributed by atoms with Crippen LogP contribution in [0.4, 0.5) is 0 Å². The zero-order valence-electron chi connectivity index (χ0n) is 21.2. The molecule has 1 saturated heterocycles. The highest BCUT2D eigenvalue weighted by Crippen LogP contribution is 2.33. The van der Waals surface area contributed by atoms with Crippen molar-refractivity contribution in [1.82, 2.24) is 24.8 Å². The topological polar surface area (TPSA) is 77.5 Å². The quantitative estimate of drug-likeness (QED) is 0.453. The number of nitrogens with zero attached hydrogens (tertiary/aromatic N) is 4. The van der Waals surface area contributed by atoms with Gasteiger partial charge in [-0.05, 0) is 72.8 Å². The molecule has 1 atom stereocenters. The molecule has 0 radical (unpaired) electrons. The molecule has 2 aromatic heterocycles. The van der Waals surface area contributed by atoms with Crippen LogP contribution in [0.25, 0.3) is 33.5 Å². The highest BCUT2D eigenvalue weighted by atomic mass is 16.5. The Labute approximate surface area is 211 Å². The summed E-state index contributed by atoms with van der Waals surface area (Å²) in [6.07, 6.45) is 4.32. The third-order valence-electron chi connectivity index (χ3n) is 7.68. The van der Waals surface area contributed by atoms with E-state index in [1.165, 1.54) is 16.7 Å². The van der Waals surface area contributed by atoms with Crippen molar-refractivity contribution < 1.29 is 9.84 Å². The maximum absolute atomic E-state index is 10.9. The van der Waals surface area contributed by atoms with Gasteiger partial charge in [0, 0.05) is 43.5 Å². The molecule has 2 N–H and O–H groups in total. The lowest BCUT2D eigenvalue weighted by molar-refractivity contribution is -0.0606. The molecule has 0 spiro atoms. The molecule has 0 aliphatic carbocycles. The predicted octanol–water partition coefficient (Wildman–Crippen LogP) is 4.22. The molecule has 7 heteroatoms. The minimum atomic E-state index is -0.622. The van der Waals surface area contributed by atoms with E-state index in [1.807, 2.05) is 18.5 Å². The van der Waals surface area contributed by atoms with Gasteiger partial charge in [-0.1, -0.05) is 18.2 Å². The van der Waals surface area contributed by atoms with Crippen molar-refractivity contribution in [3.63, 3.8) is 0 Å². The first-order chi connectivity index (χ1) is 17.5. The summed E-state index contributed by atoms with van der Waals surface area (Å²) in [6, 6.07) is 10.8. The summed E-state index contributed by atoms with van der Waals surface area (Å²) < 4.78 is 5.43. The van der Waals surface area contributed by atoms with E-state index in [4.69, 9.17) is 14.7 Å². The van der Waals surface area contributed by atoms with Gasteiger partial charge in [0.15, 0.2) is 5.65 Å². The van der Waals surface area contributed by atoms with Crippen LogP contribution in [0.1, 0.15) is 34.0 Å². The largest absolute Gasteiger partial charge is 0.379 e. The van der Waals surface area contributed by atoms with Crippen molar-refractivity contribution in [2.75, 3.05) is 39.9 Å². The van der Waals surface area contributed by atoms with Gasteiger partial charge in [-0.15, -0.1) is 0 Å². The fraction of sp³-hybridized carbons (Fsp3) is 0.379. The fourth-order valence-electron chi connectivity index (χ4n) is 5.61. The smallest absolute Gasteiger partial charge is 0.156 e. The molecule has 2 aromatic carbocycles. The molecular weight excluding hydrogens is 450 g/mol. The van der Waals surface area contributed by atoms with Gasteiger partial charge in [0.2, 0.25) is 0 Å². The van der Waals surface area contributed by atoms with Crippen LogP contribution in [0, 0.1) is 13.8 Å². The number of likely N-dealkylation sites (N-methyl/N-ethyl adjacent to an activating group) is 1. The van der Waals surface area contributed by atoms with Gasteiger partial charge in [0.05, 0.1) is 25.1 Å². The maximum atomic E-state index is 10.9. The Kier molecular flexibility index (Phi) is 6.09. The standard InChI is InChI=1S/C29H33N5O2/c1-18-13-21(14-22-17-33(3)7-6-23(18)22)26-16-31-28-27(32-26)25(15-30-28)20-4-5-24(19(2)12-20)29(35)34-8-10-36-11-9-34/h4-5,12-16,29,35H,6-11,17H2,1-3H3,(H,30,31). The van der Waals surface area contributed by atoms with E-state index in [9.17, 15) is 5.11 Å². The molecule has 1 fully saturated rings. The maximum Gasteiger partial charge on any atom is 0.156 e. The van der Waals surface area contributed by atoms with Gasteiger partial charge in [-0.2, -0.15) is 0 Å². The fourth-order valence-corrected chi connectivity index (χ4v) is 5.61. The minimum absolute atomic E-state index is 0.622. The molecular formula is C29H33N5O2. The number of morpholine rings is 1. The van der Waals surface area contributed by atoms with Gasteiger partial charge in [0.25, 0.3) is 0 Å². The van der Waals surface area contributed by atoms with Crippen LogP contribution in [0.15, 0.2) is 42.7 Å². The Bertz CT molecular complexity index is 1420. The molecule has 7 nitrogen and oxygen atoms in total. The highest BCUT2D eigenvalue weighted by molar-refractivity contribution is 5.91. The summed E-state index contributed by atoms with van der Waals surface area (Å²) in [4.78, 5) is 17.5. The molecule has 2 aliphatic rings. The second-order valence-corrected chi connectivity index (χ2v) is 10.2. The number of nitrogens with one attached hydrogen (secondary N) is 1. The van der Waals surface area contributed by atoms with Crippen molar-refractivity contribution in [1.29, 1.82) is 0 Å². The van der Waals surface area contributed by atoms with Gasteiger partial charge in [0.1, 0.15) is 11.7 Å². The predicted molar refractivity (Wildman–Crippen MR) is 142 cm³/mol. The van der Waals surface area contributed by atoms with E-state index in [0.29, 0.717) is 13.2 Å². The van der Waals surface area contributed by atoms with Gasteiger partial charge in [-0.3, -0.25) is 4.90 Å². The molecule has 6 rings (SSSR count). The molecule has 36 heavy (non-hydrogen) atoms. The Hall–Kier alpha value is -3.10. The first-order valence-electron chi connectivity index (χ1n) is 12.7. The van der Waals surface area contributed by atoms with Crippen molar-refractivity contribution in [3.8, 4) is 22.4 Å². The Balaban J connectivity index is 1.35. The average molecular weight is 484 g/mol. The lowest BCUT2D eigenvalue weighted by Gasteiger charge is -2.32. The number of aliphatic hydroxyl groups excluding tert-OH is 1. The van der Waals surface area contributed by atoms with Gasteiger partial charge in [-0.25, -0.2) is 9.97 Å². The van der Waals surface area contributed by atoms with E-state index >= 15 is 0 Å². The Morgan fingerprint density at radius 2 is 1.83 bits per heavy atom. The first-order valence-corrected chi connectivity index (χ1v) is 12.7. The monoisotopic (exact) mass is 483 g/mol. The number of hydrogen-bond donors (Lipinski definition) is 2.